The summed E-state index contributed by atoms with van der Waals surface area (Å²) >= 11 is 0. The maximum atomic E-state index is 11.4. The quantitative estimate of drug-likeness (QED) is 0.496. The van der Waals surface area contributed by atoms with E-state index in [9.17, 15) is 9.59 Å². The van der Waals surface area contributed by atoms with Gasteiger partial charge < -0.3 is 4.74 Å². The first-order valence-corrected chi connectivity index (χ1v) is 6.82. The summed E-state index contributed by atoms with van der Waals surface area (Å²) in [6, 6.07) is 11.5. The number of nitrogens with one attached hydrogen (secondary N) is 2. The predicted octanol–water partition coefficient (Wildman–Crippen LogP) is 1.48. The lowest BCUT2D eigenvalue weighted by Gasteiger charge is -2.12. The van der Waals surface area contributed by atoms with Crippen molar-refractivity contribution in [2.24, 2.45) is 0 Å². The molecule has 0 atom stereocenters. The minimum atomic E-state index is -0.943. The lowest BCUT2D eigenvalue weighted by Crippen LogP contribution is -2.36. The Balaban J connectivity index is 1.98. The first-order chi connectivity index (χ1) is 10.7. The van der Waals surface area contributed by atoms with Crippen LogP contribution in [0.1, 0.15) is 11.1 Å². The molecule has 1 heterocycles. The minimum Gasteiger partial charge on any atom is -0.462 e. The van der Waals surface area contributed by atoms with E-state index in [0.29, 0.717) is 0 Å². The third-order valence-electron chi connectivity index (χ3n) is 3.13. The van der Waals surface area contributed by atoms with Gasteiger partial charge in [0, 0.05) is 12.4 Å². The second kappa shape index (κ2) is 7.78. The monoisotopic (exact) mass is 299 g/mol. The SMILES string of the molecule is COC(=O)C(=O)NNc1ccccc1CCc1ccncc1. The van der Waals surface area contributed by atoms with Gasteiger partial charge in [-0.3, -0.25) is 20.6 Å². The number of benzene rings is 1. The van der Waals surface area contributed by atoms with Crippen LogP contribution in [0.5, 0.6) is 0 Å². The standard InChI is InChI=1S/C16H17N3O3/c1-22-16(21)15(20)19-18-14-5-3-2-4-13(14)7-6-12-8-10-17-11-9-12/h2-5,8-11,18H,6-7H2,1H3,(H,19,20). The Kier molecular flexibility index (Phi) is 5.48. The van der Waals surface area contributed by atoms with Gasteiger partial charge in [-0.25, -0.2) is 4.79 Å². The lowest BCUT2D eigenvalue weighted by atomic mass is 10.0. The van der Waals surface area contributed by atoms with Crippen molar-refractivity contribution in [3.63, 3.8) is 0 Å². The van der Waals surface area contributed by atoms with E-state index >= 15 is 0 Å². The number of carbonyl (C=O) groups is 2. The van der Waals surface area contributed by atoms with Crippen LogP contribution in [0.25, 0.3) is 0 Å². The average Bonchev–Trinajstić information content (AvgIpc) is 2.58. The van der Waals surface area contributed by atoms with Crippen molar-refractivity contribution in [2.45, 2.75) is 12.8 Å². The molecule has 6 nitrogen and oxygen atoms in total. The maximum absolute atomic E-state index is 11.4. The molecule has 6 heteroatoms. The van der Waals surface area contributed by atoms with Gasteiger partial charge in [0.2, 0.25) is 0 Å². The Morgan fingerprint density at radius 3 is 2.55 bits per heavy atom. The van der Waals surface area contributed by atoms with E-state index in [2.05, 4.69) is 20.6 Å². The molecular formula is C16H17N3O3. The molecule has 0 fully saturated rings. The molecule has 0 aliphatic carbocycles. The van der Waals surface area contributed by atoms with Crippen molar-refractivity contribution < 1.29 is 14.3 Å². The second-order valence-electron chi connectivity index (χ2n) is 4.58. The molecule has 22 heavy (non-hydrogen) atoms. The summed E-state index contributed by atoms with van der Waals surface area (Å²) in [5, 5.41) is 0. The van der Waals surface area contributed by atoms with Crippen LogP contribution in [0.15, 0.2) is 48.8 Å². The Morgan fingerprint density at radius 2 is 1.82 bits per heavy atom. The largest absolute Gasteiger partial charge is 0.462 e. The third-order valence-corrected chi connectivity index (χ3v) is 3.13. The summed E-state index contributed by atoms with van der Waals surface area (Å²) in [5.74, 6) is -1.78. The van der Waals surface area contributed by atoms with Gasteiger partial charge in [0.25, 0.3) is 0 Å². The summed E-state index contributed by atoms with van der Waals surface area (Å²) in [7, 11) is 1.16. The van der Waals surface area contributed by atoms with Crippen LogP contribution in [-0.2, 0) is 27.2 Å². The zero-order valence-corrected chi connectivity index (χ0v) is 12.2. The van der Waals surface area contributed by atoms with Crippen LogP contribution in [0.3, 0.4) is 0 Å². The van der Waals surface area contributed by atoms with Gasteiger partial charge >= 0.3 is 11.9 Å². The number of hydrogen-bond donors (Lipinski definition) is 2. The average molecular weight is 299 g/mol. The van der Waals surface area contributed by atoms with Gasteiger partial charge in [-0.2, -0.15) is 0 Å². The number of ether oxygens (including phenoxy) is 1. The first-order valence-electron chi connectivity index (χ1n) is 6.82. The molecule has 0 saturated heterocycles. The summed E-state index contributed by atoms with van der Waals surface area (Å²) in [6.45, 7) is 0. The molecule has 1 amide bonds. The number of methoxy groups -OCH3 is 1. The smallest absolute Gasteiger partial charge is 0.398 e. The van der Waals surface area contributed by atoms with E-state index < -0.39 is 11.9 Å². The number of esters is 1. The van der Waals surface area contributed by atoms with Gasteiger partial charge in [0.1, 0.15) is 0 Å². The number of rotatable bonds is 5. The Morgan fingerprint density at radius 1 is 1.09 bits per heavy atom. The van der Waals surface area contributed by atoms with Crippen LogP contribution in [0.2, 0.25) is 0 Å². The number of hydrogen-bond acceptors (Lipinski definition) is 5. The van der Waals surface area contributed by atoms with Crippen LogP contribution in [0.4, 0.5) is 5.69 Å². The van der Waals surface area contributed by atoms with E-state index in [1.807, 2.05) is 36.4 Å². The van der Waals surface area contributed by atoms with E-state index in [1.165, 1.54) is 5.56 Å². The van der Waals surface area contributed by atoms with Crippen molar-refractivity contribution in [3.8, 4) is 0 Å². The number of carbonyl (C=O) groups excluding carboxylic acids is 2. The van der Waals surface area contributed by atoms with Crippen molar-refractivity contribution in [2.75, 3.05) is 12.5 Å². The number of amides is 1. The van der Waals surface area contributed by atoms with Crippen LogP contribution >= 0.6 is 0 Å². The fraction of sp³-hybridized carbons (Fsp3) is 0.188. The van der Waals surface area contributed by atoms with Crippen molar-refractivity contribution in [1.29, 1.82) is 0 Å². The summed E-state index contributed by atoms with van der Waals surface area (Å²) in [5.41, 5.74) is 8.03. The lowest BCUT2D eigenvalue weighted by molar-refractivity contribution is -0.152. The Labute approximate surface area is 128 Å². The molecule has 2 aromatic rings. The van der Waals surface area contributed by atoms with Gasteiger partial charge in [0.05, 0.1) is 12.8 Å². The molecule has 1 aromatic heterocycles. The molecule has 0 bridgehead atoms. The highest BCUT2D eigenvalue weighted by atomic mass is 16.5. The molecular weight excluding hydrogens is 282 g/mol. The molecule has 0 unspecified atom stereocenters. The second-order valence-corrected chi connectivity index (χ2v) is 4.58. The van der Waals surface area contributed by atoms with Gasteiger partial charge in [-0.05, 0) is 42.2 Å². The molecule has 0 radical (unpaired) electrons. The zero-order valence-electron chi connectivity index (χ0n) is 12.2. The van der Waals surface area contributed by atoms with Gasteiger partial charge in [-0.15, -0.1) is 0 Å². The van der Waals surface area contributed by atoms with Crippen LogP contribution in [-0.4, -0.2) is 24.0 Å². The number of nitrogens with zero attached hydrogens (tertiary/aromatic N) is 1. The molecule has 0 aliphatic heterocycles. The van der Waals surface area contributed by atoms with Crippen molar-refractivity contribution in [1.82, 2.24) is 10.4 Å². The molecule has 1 aromatic carbocycles. The minimum absolute atomic E-state index is 0.744. The molecule has 0 aliphatic rings. The predicted molar refractivity (Wildman–Crippen MR) is 81.9 cm³/mol. The highest BCUT2D eigenvalue weighted by molar-refractivity contribution is 6.32. The van der Waals surface area contributed by atoms with Gasteiger partial charge in [-0.1, -0.05) is 18.2 Å². The van der Waals surface area contributed by atoms with Crippen molar-refractivity contribution >= 4 is 17.6 Å². The van der Waals surface area contributed by atoms with E-state index in [-0.39, 0.29) is 0 Å². The molecule has 0 saturated carbocycles. The number of aryl methyl sites for hydroxylation is 2. The third kappa shape index (κ3) is 4.31. The fourth-order valence-electron chi connectivity index (χ4n) is 1.96. The maximum Gasteiger partial charge on any atom is 0.398 e. The number of hydrazine groups is 1. The molecule has 2 N–H and O–H groups in total. The Hall–Kier alpha value is -2.89. The van der Waals surface area contributed by atoms with Crippen molar-refractivity contribution in [3.05, 3.63) is 59.9 Å². The normalized spacial score (nSPS) is 9.86. The van der Waals surface area contributed by atoms with Crippen LogP contribution < -0.4 is 10.9 Å². The summed E-state index contributed by atoms with van der Waals surface area (Å²) in [6.07, 6.45) is 5.17. The number of pyridine rings is 1. The van der Waals surface area contributed by atoms with E-state index in [4.69, 9.17) is 0 Å². The van der Waals surface area contributed by atoms with Gasteiger partial charge in [0.15, 0.2) is 0 Å². The molecule has 0 spiro atoms. The molecule has 114 valence electrons. The summed E-state index contributed by atoms with van der Waals surface area (Å²) in [4.78, 5) is 26.4. The highest BCUT2D eigenvalue weighted by Gasteiger charge is 2.13. The topological polar surface area (TPSA) is 80.3 Å². The zero-order chi connectivity index (χ0) is 15.8. The number of anilines is 1. The van der Waals surface area contributed by atoms with E-state index in [1.54, 1.807) is 12.4 Å². The first kappa shape index (κ1) is 15.5. The van der Waals surface area contributed by atoms with Crippen LogP contribution in [0, 0.1) is 0 Å². The molecule has 2 rings (SSSR count). The highest BCUT2D eigenvalue weighted by Crippen LogP contribution is 2.16. The fourth-order valence-corrected chi connectivity index (χ4v) is 1.96. The summed E-state index contributed by atoms with van der Waals surface area (Å²) < 4.78 is 4.34. The Bertz CT molecular complexity index is 644. The van der Waals surface area contributed by atoms with E-state index in [0.717, 1.165) is 31.2 Å². The number of para-hydroxylation sites is 1. The number of aromatic nitrogens is 1.